The molecule has 0 aromatic heterocycles. The van der Waals surface area contributed by atoms with Crippen LogP contribution in [0.4, 0.5) is 0 Å². The number of fused-ring (bicyclic) bond motifs is 1. The summed E-state index contributed by atoms with van der Waals surface area (Å²) in [7, 11) is 0. The fourth-order valence-corrected chi connectivity index (χ4v) is 3.68. The summed E-state index contributed by atoms with van der Waals surface area (Å²) in [6.07, 6.45) is 6.41. The van der Waals surface area contributed by atoms with Crippen molar-refractivity contribution < 1.29 is 9.84 Å². The Bertz CT molecular complexity index is 435. The molecule has 1 fully saturated rings. The maximum absolute atomic E-state index is 10.6. The first-order valence-corrected chi connectivity index (χ1v) is 7.56. The van der Waals surface area contributed by atoms with Crippen LogP contribution in [0.3, 0.4) is 0 Å². The molecule has 3 rings (SSSR count). The zero-order valence-electron chi connectivity index (χ0n) is 11.8. The number of ether oxygens (including phenoxy) is 1. The molecule has 2 unspecified atom stereocenters. The summed E-state index contributed by atoms with van der Waals surface area (Å²) in [5, 5.41) is 10.6. The Hall–Kier alpha value is -0.860. The van der Waals surface area contributed by atoms with Crippen molar-refractivity contribution in [3.8, 4) is 0 Å². The highest BCUT2D eigenvalue weighted by atomic mass is 16.5. The lowest BCUT2D eigenvalue weighted by molar-refractivity contribution is -0.0357. The summed E-state index contributed by atoms with van der Waals surface area (Å²) in [6, 6.07) is 8.51. The lowest BCUT2D eigenvalue weighted by Crippen LogP contribution is -2.32. The van der Waals surface area contributed by atoms with Crippen LogP contribution in [0.1, 0.15) is 56.3 Å². The average molecular weight is 260 g/mol. The van der Waals surface area contributed by atoms with Gasteiger partial charge in [0, 0.05) is 6.42 Å². The molecule has 1 aliphatic heterocycles. The molecule has 2 heteroatoms. The number of rotatable bonds is 3. The zero-order valence-corrected chi connectivity index (χ0v) is 11.8. The minimum absolute atomic E-state index is 0.0809. The monoisotopic (exact) mass is 260 g/mol. The lowest BCUT2D eigenvalue weighted by atomic mass is 9.79. The molecule has 0 amide bonds. The van der Waals surface area contributed by atoms with Gasteiger partial charge < -0.3 is 9.84 Å². The topological polar surface area (TPSA) is 29.5 Å². The van der Waals surface area contributed by atoms with Gasteiger partial charge in [-0.15, -0.1) is 0 Å². The van der Waals surface area contributed by atoms with Gasteiger partial charge in [-0.25, -0.2) is 0 Å². The van der Waals surface area contributed by atoms with E-state index in [1.807, 2.05) is 0 Å². The Morgan fingerprint density at radius 3 is 2.84 bits per heavy atom. The smallest absolute Gasteiger partial charge is 0.0852 e. The molecule has 1 heterocycles. The second kappa shape index (κ2) is 5.26. The van der Waals surface area contributed by atoms with E-state index < -0.39 is 0 Å². The first-order chi connectivity index (χ1) is 9.19. The van der Waals surface area contributed by atoms with Crippen LogP contribution < -0.4 is 0 Å². The molecule has 19 heavy (non-hydrogen) atoms. The molecule has 1 aromatic rings. The van der Waals surface area contributed by atoms with Gasteiger partial charge in [0.25, 0.3) is 0 Å². The Morgan fingerprint density at radius 2 is 2.05 bits per heavy atom. The van der Waals surface area contributed by atoms with Gasteiger partial charge in [0.05, 0.1) is 18.8 Å². The fourth-order valence-electron chi connectivity index (χ4n) is 3.68. The Labute approximate surface area is 115 Å². The van der Waals surface area contributed by atoms with E-state index in [0.29, 0.717) is 0 Å². The number of benzene rings is 1. The minimum atomic E-state index is -0.244. The van der Waals surface area contributed by atoms with Crippen LogP contribution in [0.25, 0.3) is 0 Å². The van der Waals surface area contributed by atoms with Crippen molar-refractivity contribution in [1.82, 2.24) is 0 Å². The van der Waals surface area contributed by atoms with Gasteiger partial charge in [-0.05, 0) is 35.8 Å². The standard InChI is InChI=1S/C17H24O2/c1-17(9-4-5-10-17)16(18)12-15-14-7-3-2-6-13(14)8-11-19-15/h2-3,6-7,15-16,18H,4-5,8-12H2,1H3. The average Bonchev–Trinajstić information content (AvgIpc) is 2.87. The number of aliphatic hydroxyl groups is 1. The number of hydrogen-bond acceptors (Lipinski definition) is 2. The van der Waals surface area contributed by atoms with E-state index in [0.717, 1.165) is 32.3 Å². The minimum Gasteiger partial charge on any atom is -0.392 e. The Kier molecular flexibility index (Phi) is 3.64. The summed E-state index contributed by atoms with van der Waals surface area (Å²) in [5.74, 6) is 0. The predicted molar refractivity (Wildman–Crippen MR) is 76.0 cm³/mol. The first-order valence-electron chi connectivity index (χ1n) is 7.56. The molecule has 2 aliphatic rings. The van der Waals surface area contributed by atoms with E-state index in [9.17, 15) is 5.11 Å². The Morgan fingerprint density at radius 1 is 1.32 bits per heavy atom. The van der Waals surface area contributed by atoms with Gasteiger partial charge >= 0.3 is 0 Å². The van der Waals surface area contributed by atoms with Crippen LogP contribution in [0, 0.1) is 5.41 Å². The maximum Gasteiger partial charge on any atom is 0.0852 e. The molecular weight excluding hydrogens is 236 g/mol. The summed E-state index contributed by atoms with van der Waals surface area (Å²) in [5.41, 5.74) is 2.78. The third kappa shape index (κ3) is 2.56. The van der Waals surface area contributed by atoms with Crippen LogP contribution in [0.5, 0.6) is 0 Å². The second-order valence-corrected chi connectivity index (χ2v) is 6.42. The van der Waals surface area contributed by atoms with Crippen molar-refractivity contribution in [3.63, 3.8) is 0 Å². The molecular formula is C17H24O2. The van der Waals surface area contributed by atoms with Gasteiger partial charge in [0.2, 0.25) is 0 Å². The van der Waals surface area contributed by atoms with E-state index in [1.54, 1.807) is 0 Å². The molecule has 104 valence electrons. The van der Waals surface area contributed by atoms with Crippen molar-refractivity contribution in [3.05, 3.63) is 35.4 Å². The molecule has 1 N–H and O–H groups in total. The van der Waals surface area contributed by atoms with Crippen molar-refractivity contribution in [2.75, 3.05) is 6.61 Å². The van der Waals surface area contributed by atoms with E-state index in [4.69, 9.17) is 4.74 Å². The SMILES string of the molecule is CC1(C(O)CC2OCCc3ccccc32)CCCC1. The van der Waals surface area contributed by atoms with E-state index in [-0.39, 0.29) is 17.6 Å². The van der Waals surface area contributed by atoms with Crippen LogP contribution in [-0.4, -0.2) is 17.8 Å². The second-order valence-electron chi connectivity index (χ2n) is 6.42. The van der Waals surface area contributed by atoms with Gasteiger partial charge in [0.1, 0.15) is 0 Å². The first kappa shape index (κ1) is 13.1. The number of aliphatic hydroxyl groups excluding tert-OH is 1. The predicted octanol–water partition coefficient (Wildman–Crippen LogP) is 3.63. The lowest BCUT2D eigenvalue weighted by Gasteiger charge is -2.34. The maximum atomic E-state index is 10.6. The van der Waals surface area contributed by atoms with Crippen LogP contribution in [0.15, 0.2) is 24.3 Å². The third-order valence-electron chi connectivity index (χ3n) is 5.08. The largest absolute Gasteiger partial charge is 0.392 e. The molecule has 1 saturated carbocycles. The summed E-state index contributed by atoms with van der Waals surface area (Å²) in [4.78, 5) is 0. The van der Waals surface area contributed by atoms with Crippen LogP contribution in [0.2, 0.25) is 0 Å². The van der Waals surface area contributed by atoms with Crippen LogP contribution >= 0.6 is 0 Å². The molecule has 0 saturated heterocycles. The zero-order chi connectivity index (χ0) is 13.3. The molecule has 0 spiro atoms. The molecule has 1 aliphatic carbocycles. The van der Waals surface area contributed by atoms with Crippen molar-refractivity contribution in [1.29, 1.82) is 0 Å². The molecule has 2 nitrogen and oxygen atoms in total. The van der Waals surface area contributed by atoms with Gasteiger partial charge in [-0.1, -0.05) is 44.0 Å². The normalized spacial score (nSPS) is 26.9. The third-order valence-corrected chi connectivity index (χ3v) is 5.08. The highest BCUT2D eigenvalue weighted by Gasteiger charge is 2.38. The highest BCUT2D eigenvalue weighted by molar-refractivity contribution is 5.31. The quantitative estimate of drug-likeness (QED) is 0.899. The molecule has 1 aromatic carbocycles. The summed E-state index contributed by atoms with van der Waals surface area (Å²) < 4.78 is 5.92. The molecule has 0 radical (unpaired) electrons. The fraction of sp³-hybridized carbons (Fsp3) is 0.647. The Balaban J connectivity index is 1.74. The summed E-state index contributed by atoms with van der Waals surface area (Å²) >= 11 is 0. The van der Waals surface area contributed by atoms with E-state index in [2.05, 4.69) is 31.2 Å². The highest BCUT2D eigenvalue weighted by Crippen LogP contribution is 2.44. The number of hydrogen-bond donors (Lipinski definition) is 1. The van der Waals surface area contributed by atoms with Gasteiger partial charge in [0.15, 0.2) is 0 Å². The molecule has 2 atom stereocenters. The summed E-state index contributed by atoms with van der Waals surface area (Å²) in [6.45, 7) is 3.02. The van der Waals surface area contributed by atoms with Crippen LogP contribution in [-0.2, 0) is 11.2 Å². The van der Waals surface area contributed by atoms with Crippen molar-refractivity contribution in [2.45, 2.75) is 57.7 Å². The van der Waals surface area contributed by atoms with Gasteiger partial charge in [-0.2, -0.15) is 0 Å². The van der Waals surface area contributed by atoms with Gasteiger partial charge in [-0.3, -0.25) is 0 Å². The van der Waals surface area contributed by atoms with Crippen molar-refractivity contribution in [2.24, 2.45) is 5.41 Å². The van der Waals surface area contributed by atoms with E-state index in [1.165, 1.54) is 24.0 Å². The van der Waals surface area contributed by atoms with Crippen molar-refractivity contribution >= 4 is 0 Å². The molecule has 0 bridgehead atoms. The van der Waals surface area contributed by atoms with E-state index >= 15 is 0 Å².